The Balaban J connectivity index is 1.49. The first kappa shape index (κ1) is 25.7. The van der Waals surface area contributed by atoms with Gasteiger partial charge in [0.15, 0.2) is 0 Å². The molecule has 198 valence electrons. The number of rotatable bonds is 10. The van der Waals surface area contributed by atoms with E-state index in [4.69, 9.17) is 4.74 Å². The van der Waals surface area contributed by atoms with Crippen molar-refractivity contribution in [2.24, 2.45) is 13.0 Å². The molecule has 0 spiro atoms. The standard InChI is InChI=1S/C28H29F2N5O3/c1-17(2)38-19-6-4-18(5-7-19)20-8-9-25(26-23(20)15-33-34(26)3)35(12-13-37-28(29)30)27(36)22-14-21(22)24-10-11-31-16-32-24/h4-11,15-17,21-22,28H,12-14H2,1-3H3/t21-,22-/m1/s1. The molecule has 38 heavy (non-hydrogen) atoms. The van der Waals surface area contributed by atoms with E-state index in [0.29, 0.717) is 12.1 Å². The Morgan fingerprint density at radius 2 is 1.95 bits per heavy atom. The van der Waals surface area contributed by atoms with Gasteiger partial charge in [-0.15, -0.1) is 0 Å². The van der Waals surface area contributed by atoms with Crippen LogP contribution in [0.3, 0.4) is 0 Å². The second kappa shape index (κ2) is 10.8. The van der Waals surface area contributed by atoms with Crippen LogP contribution in [0.1, 0.15) is 31.9 Å². The molecule has 1 saturated carbocycles. The highest BCUT2D eigenvalue weighted by atomic mass is 19.3. The molecule has 0 radical (unpaired) electrons. The molecule has 10 heteroatoms. The van der Waals surface area contributed by atoms with Gasteiger partial charge in [0.25, 0.3) is 0 Å². The second-order valence-corrected chi connectivity index (χ2v) is 9.56. The van der Waals surface area contributed by atoms with Gasteiger partial charge < -0.3 is 14.4 Å². The minimum absolute atomic E-state index is 0.0168. The van der Waals surface area contributed by atoms with Gasteiger partial charge >= 0.3 is 6.61 Å². The van der Waals surface area contributed by atoms with Crippen molar-refractivity contribution >= 4 is 22.5 Å². The third kappa shape index (κ3) is 5.35. The van der Waals surface area contributed by atoms with Crippen molar-refractivity contribution in [3.8, 4) is 16.9 Å². The average Bonchev–Trinajstić information content (AvgIpc) is 3.62. The summed E-state index contributed by atoms with van der Waals surface area (Å²) in [4.78, 5) is 23.5. The lowest BCUT2D eigenvalue weighted by Crippen LogP contribution is -2.36. The Hall–Kier alpha value is -3.92. The van der Waals surface area contributed by atoms with Crippen molar-refractivity contribution in [2.45, 2.75) is 38.9 Å². The molecule has 0 bridgehead atoms. The predicted octanol–water partition coefficient (Wildman–Crippen LogP) is 5.19. The molecule has 4 aromatic rings. The fraction of sp³-hybridized carbons (Fsp3) is 0.357. The lowest BCUT2D eigenvalue weighted by molar-refractivity contribution is -0.130. The molecule has 2 atom stereocenters. The topological polar surface area (TPSA) is 82.4 Å². The number of nitrogens with zero attached hydrogens (tertiary/aromatic N) is 5. The number of anilines is 1. The largest absolute Gasteiger partial charge is 0.491 e. The van der Waals surface area contributed by atoms with E-state index >= 15 is 0 Å². The van der Waals surface area contributed by atoms with Crippen molar-refractivity contribution in [3.63, 3.8) is 0 Å². The fourth-order valence-corrected chi connectivity index (χ4v) is 4.82. The number of hydrogen-bond donors (Lipinski definition) is 0. The van der Waals surface area contributed by atoms with Crippen LogP contribution in [0.25, 0.3) is 22.0 Å². The van der Waals surface area contributed by atoms with E-state index in [9.17, 15) is 13.6 Å². The first-order valence-corrected chi connectivity index (χ1v) is 12.5. The molecule has 2 aromatic heterocycles. The molecule has 0 aliphatic heterocycles. The van der Waals surface area contributed by atoms with Crippen LogP contribution in [0.2, 0.25) is 0 Å². The Labute approximate surface area is 219 Å². The van der Waals surface area contributed by atoms with Gasteiger partial charge in [-0.1, -0.05) is 18.2 Å². The van der Waals surface area contributed by atoms with Gasteiger partial charge in [-0.2, -0.15) is 13.9 Å². The maximum absolute atomic E-state index is 13.7. The summed E-state index contributed by atoms with van der Waals surface area (Å²) in [6.45, 7) is 0.720. The van der Waals surface area contributed by atoms with Crippen LogP contribution in [-0.4, -0.2) is 51.5 Å². The van der Waals surface area contributed by atoms with Crippen LogP contribution in [-0.2, 0) is 16.6 Å². The molecule has 8 nitrogen and oxygen atoms in total. The zero-order valence-electron chi connectivity index (χ0n) is 21.4. The summed E-state index contributed by atoms with van der Waals surface area (Å²) in [5, 5.41) is 5.30. The molecule has 5 rings (SSSR count). The lowest BCUT2D eigenvalue weighted by Gasteiger charge is -2.25. The number of amides is 1. The van der Waals surface area contributed by atoms with Crippen molar-refractivity contribution < 1.29 is 23.0 Å². The van der Waals surface area contributed by atoms with Crippen LogP contribution in [0, 0.1) is 5.92 Å². The quantitative estimate of drug-likeness (QED) is 0.286. The molecule has 1 amide bonds. The molecule has 0 unspecified atom stereocenters. The van der Waals surface area contributed by atoms with E-state index in [0.717, 1.165) is 33.5 Å². The Bertz CT molecular complexity index is 1410. The highest BCUT2D eigenvalue weighted by Crippen LogP contribution is 2.48. The highest BCUT2D eigenvalue weighted by Gasteiger charge is 2.47. The summed E-state index contributed by atoms with van der Waals surface area (Å²) in [5.74, 6) is 0.294. The molecule has 0 saturated heterocycles. The Morgan fingerprint density at radius 1 is 1.16 bits per heavy atom. The molecule has 0 N–H and O–H groups in total. The minimum atomic E-state index is -2.91. The van der Waals surface area contributed by atoms with Crippen molar-refractivity contribution in [3.05, 3.63) is 66.9 Å². The summed E-state index contributed by atoms with van der Waals surface area (Å²) in [5.41, 5.74) is 4.03. The van der Waals surface area contributed by atoms with E-state index in [1.807, 2.05) is 50.2 Å². The molecule has 2 heterocycles. The van der Waals surface area contributed by atoms with E-state index in [1.54, 1.807) is 35.1 Å². The minimum Gasteiger partial charge on any atom is -0.491 e. The molecule has 1 aliphatic carbocycles. The second-order valence-electron chi connectivity index (χ2n) is 9.56. The summed E-state index contributed by atoms with van der Waals surface area (Å²) >= 11 is 0. The van der Waals surface area contributed by atoms with Crippen molar-refractivity contribution in [2.75, 3.05) is 18.1 Å². The molecule has 1 fully saturated rings. The Morgan fingerprint density at radius 3 is 2.63 bits per heavy atom. The van der Waals surface area contributed by atoms with Crippen LogP contribution >= 0.6 is 0 Å². The summed E-state index contributed by atoms with van der Waals surface area (Å²) in [6.07, 6.45) is 5.58. The maximum atomic E-state index is 13.7. The number of halogens is 2. The third-order valence-electron chi connectivity index (χ3n) is 6.62. The number of hydrogen-bond acceptors (Lipinski definition) is 6. The molecular weight excluding hydrogens is 492 g/mol. The number of ether oxygens (including phenoxy) is 2. The van der Waals surface area contributed by atoms with Crippen molar-refractivity contribution in [1.29, 1.82) is 0 Å². The van der Waals surface area contributed by atoms with Gasteiger partial charge in [0.2, 0.25) is 5.91 Å². The number of alkyl halides is 2. The smallest absolute Gasteiger partial charge is 0.345 e. The first-order valence-electron chi connectivity index (χ1n) is 12.5. The van der Waals surface area contributed by atoms with Crippen molar-refractivity contribution in [1.82, 2.24) is 19.7 Å². The molecule has 1 aliphatic rings. The van der Waals surface area contributed by atoms with E-state index in [1.165, 1.54) is 6.33 Å². The van der Waals surface area contributed by atoms with E-state index in [2.05, 4.69) is 19.8 Å². The van der Waals surface area contributed by atoms with Gasteiger partial charge in [0, 0.05) is 42.7 Å². The van der Waals surface area contributed by atoms with Gasteiger partial charge in [-0.25, -0.2) is 9.97 Å². The summed E-state index contributed by atoms with van der Waals surface area (Å²) in [7, 11) is 1.80. The number of fused-ring (bicyclic) bond motifs is 1. The lowest BCUT2D eigenvalue weighted by atomic mass is 10.0. The van der Waals surface area contributed by atoms with Crippen LogP contribution in [0.5, 0.6) is 5.75 Å². The maximum Gasteiger partial charge on any atom is 0.345 e. The zero-order chi connectivity index (χ0) is 26.8. The number of carbonyl (C=O) groups is 1. The monoisotopic (exact) mass is 521 g/mol. The number of aromatic nitrogens is 4. The molecular formula is C28H29F2N5O3. The first-order chi connectivity index (χ1) is 18.3. The van der Waals surface area contributed by atoms with E-state index < -0.39 is 6.61 Å². The molecule has 2 aromatic carbocycles. The summed E-state index contributed by atoms with van der Waals surface area (Å²) in [6, 6.07) is 13.4. The van der Waals surface area contributed by atoms with Crippen LogP contribution in [0.15, 0.2) is 61.2 Å². The third-order valence-corrected chi connectivity index (χ3v) is 6.62. The predicted molar refractivity (Wildman–Crippen MR) is 139 cm³/mol. The highest BCUT2D eigenvalue weighted by molar-refractivity contribution is 6.08. The number of benzene rings is 2. The van der Waals surface area contributed by atoms with Gasteiger partial charge in [0.05, 0.1) is 30.1 Å². The average molecular weight is 522 g/mol. The summed E-state index contributed by atoms with van der Waals surface area (Å²) < 4.78 is 37.6. The van der Waals surface area contributed by atoms with Crippen LogP contribution < -0.4 is 9.64 Å². The normalized spacial score (nSPS) is 16.8. The number of carbonyl (C=O) groups excluding carboxylic acids is 1. The van der Waals surface area contributed by atoms with Gasteiger partial charge in [0.1, 0.15) is 12.1 Å². The Kier molecular flexibility index (Phi) is 7.33. The zero-order valence-corrected chi connectivity index (χ0v) is 21.4. The fourth-order valence-electron chi connectivity index (χ4n) is 4.82. The van der Waals surface area contributed by atoms with E-state index in [-0.39, 0.29) is 37.0 Å². The van der Waals surface area contributed by atoms with Gasteiger partial charge in [-0.3, -0.25) is 9.48 Å². The number of aryl methyl sites for hydroxylation is 1. The SMILES string of the molecule is CC(C)Oc1ccc(-c2ccc(N(CCOC(F)F)C(=O)[C@@H]3C[C@H]3c3ccncn3)c3c2cnn3C)cc1. The van der Waals surface area contributed by atoms with Gasteiger partial charge in [-0.05, 0) is 55.7 Å². The van der Waals surface area contributed by atoms with Crippen LogP contribution in [0.4, 0.5) is 14.5 Å².